The number of nitrogens with one attached hydrogen (secondary N) is 3. The fourth-order valence-corrected chi connectivity index (χ4v) is 5.59. The Morgan fingerprint density at radius 2 is 1.80 bits per heavy atom. The van der Waals surface area contributed by atoms with Crippen molar-refractivity contribution in [3.05, 3.63) is 76.4 Å². The molecule has 1 saturated carbocycles. The SMILES string of the molecule is Cc1nonc1C(=O)N[C@H](C(=O)Nc1ccc(-c2c(C)n[nH]c2C)cc1)C1c2ccc(F)c(F)c2OCC12CC2. The number of rotatable bonds is 6. The Balaban J connectivity index is 1.35. The lowest BCUT2D eigenvalue weighted by Gasteiger charge is -2.38. The molecule has 3 N–H and O–H groups in total. The second-order valence-electron chi connectivity index (χ2n) is 10.4. The molecular formula is C28H26F2N6O4. The average Bonchev–Trinajstić information content (AvgIpc) is 3.43. The van der Waals surface area contributed by atoms with Gasteiger partial charge in [-0.05, 0) is 62.5 Å². The number of carbonyl (C=O) groups excluding carboxylic acids is 2. The van der Waals surface area contributed by atoms with Crippen LogP contribution >= 0.6 is 0 Å². The number of H-pyrrole nitrogens is 1. The molecule has 0 radical (unpaired) electrons. The molecule has 1 unspecified atom stereocenters. The van der Waals surface area contributed by atoms with Gasteiger partial charge >= 0.3 is 0 Å². The lowest BCUT2D eigenvalue weighted by Crippen LogP contribution is -2.52. The molecule has 1 spiro atoms. The summed E-state index contributed by atoms with van der Waals surface area (Å²) < 4.78 is 39.2. The van der Waals surface area contributed by atoms with E-state index in [9.17, 15) is 18.4 Å². The molecule has 0 saturated heterocycles. The summed E-state index contributed by atoms with van der Waals surface area (Å²) in [6.45, 7) is 5.48. The van der Waals surface area contributed by atoms with Crippen LogP contribution in [0, 0.1) is 37.8 Å². The molecule has 2 aromatic carbocycles. The summed E-state index contributed by atoms with van der Waals surface area (Å²) in [5, 5.41) is 20.1. The number of carbonyl (C=O) groups is 2. The Kier molecular flexibility index (Phi) is 6.12. The molecule has 40 heavy (non-hydrogen) atoms. The number of ether oxygens (including phenoxy) is 1. The number of hydrogen-bond acceptors (Lipinski definition) is 7. The van der Waals surface area contributed by atoms with Gasteiger partial charge in [0.1, 0.15) is 11.7 Å². The molecule has 10 nitrogen and oxygen atoms in total. The topological polar surface area (TPSA) is 135 Å². The van der Waals surface area contributed by atoms with E-state index in [1.807, 2.05) is 26.0 Å². The van der Waals surface area contributed by atoms with E-state index in [1.165, 1.54) is 6.07 Å². The standard InChI is InChI=1S/C28H26F2N6O4/c1-13-20(14(2)34-33-13)16-4-6-17(7-5-16)31-27(38)24(32-26(37)23-15(3)35-40-36-23)21-18-8-9-19(29)22(30)25(18)39-12-28(21)10-11-28/h4-9,21,24H,10-12H2,1-3H3,(H,31,38)(H,32,37)(H,33,34)/t21?,24-/m0/s1. The fourth-order valence-electron chi connectivity index (χ4n) is 5.59. The Morgan fingerprint density at radius 3 is 2.42 bits per heavy atom. The first-order valence-corrected chi connectivity index (χ1v) is 12.8. The van der Waals surface area contributed by atoms with Gasteiger partial charge in [0.25, 0.3) is 5.91 Å². The zero-order valence-electron chi connectivity index (χ0n) is 22.0. The predicted octanol–water partition coefficient (Wildman–Crippen LogP) is 4.36. The normalized spacial score (nSPS) is 17.6. The fraction of sp³-hybridized carbons (Fsp3) is 0.321. The number of halogens is 2. The minimum atomic E-state index is -1.17. The first-order valence-electron chi connectivity index (χ1n) is 12.8. The van der Waals surface area contributed by atoms with Gasteiger partial charge in [0.2, 0.25) is 11.7 Å². The van der Waals surface area contributed by atoms with Crippen LogP contribution in [0.25, 0.3) is 11.1 Å². The molecule has 4 aromatic rings. The van der Waals surface area contributed by atoms with Crippen LogP contribution < -0.4 is 15.4 Å². The van der Waals surface area contributed by atoms with Gasteiger partial charge < -0.3 is 15.4 Å². The van der Waals surface area contributed by atoms with Crippen molar-refractivity contribution >= 4 is 17.5 Å². The smallest absolute Gasteiger partial charge is 0.276 e. The molecule has 1 aliphatic heterocycles. The van der Waals surface area contributed by atoms with Gasteiger partial charge in [0, 0.05) is 33.8 Å². The number of nitrogens with zero attached hydrogens (tertiary/aromatic N) is 3. The first kappa shape index (κ1) is 25.7. The van der Waals surface area contributed by atoms with Crippen LogP contribution in [0.1, 0.15) is 51.9 Å². The van der Waals surface area contributed by atoms with E-state index >= 15 is 0 Å². The Labute approximate surface area is 227 Å². The molecule has 206 valence electrons. The summed E-state index contributed by atoms with van der Waals surface area (Å²) in [4.78, 5) is 27.1. The van der Waals surface area contributed by atoms with Crippen LogP contribution in [0.4, 0.5) is 14.5 Å². The van der Waals surface area contributed by atoms with Gasteiger partial charge in [-0.15, -0.1) is 0 Å². The monoisotopic (exact) mass is 548 g/mol. The highest BCUT2D eigenvalue weighted by Gasteiger charge is 2.58. The number of fused-ring (bicyclic) bond motifs is 1. The van der Waals surface area contributed by atoms with Crippen LogP contribution in [0.5, 0.6) is 5.75 Å². The largest absolute Gasteiger partial charge is 0.489 e. The Bertz CT molecular complexity index is 1610. The van der Waals surface area contributed by atoms with E-state index in [1.54, 1.807) is 19.1 Å². The third-order valence-corrected chi connectivity index (χ3v) is 7.81. The van der Waals surface area contributed by atoms with Crippen molar-refractivity contribution in [1.29, 1.82) is 0 Å². The van der Waals surface area contributed by atoms with Crippen molar-refractivity contribution in [2.24, 2.45) is 5.41 Å². The highest BCUT2D eigenvalue weighted by molar-refractivity contribution is 6.01. The van der Waals surface area contributed by atoms with E-state index in [4.69, 9.17) is 4.74 Å². The Hall–Kier alpha value is -4.61. The van der Waals surface area contributed by atoms with Crippen molar-refractivity contribution in [1.82, 2.24) is 25.8 Å². The maximum atomic E-state index is 14.8. The molecule has 6 rings (SSSR count). The molecule has 0 bridgehead atoms. The van der Waals surface area contributed by atoms with E-state index in [0.29, 0.717) is 24.1 Å². The number of aromatic amines is 1. The zero-order chi connectivity index (χ0) is 28.2. The number of aryl methyl sites for hydroxylation is 3. The second kappa shape index (κ2) is 9.54. The third-order valence-electron chi connectivity index (χ3n) is 7.81. The Morgan fingerprint density at radius 1 is 1.05 bits per heavy atom. The molecule has 1 fully saturated rings. The van der Waals surface area contributed by atoms with Crippen LogP contribution in [0.2, 0.25) is 0 Å². The lowest BCUT2D eigenvalue weighted by atomic mass is 9.75. The van der Waals surface area contributed by atoms with E-state index < -0.39 is 40.8 Å². The van der Waals surface area contributed by atoms with Crippen LogP contribution in [-0.2, 0) is 4.79 Å². The number of benzene rings is 2. The summed E-state index contributed by atoms with van der Waals surface area (Å²) >= 11 is 0. The van der Waals surface area contributed by atoms with Gasteiger partial charge in [-0.25, -0.2) is 9.02 Å². The minimum absolute atomic E-state index is 0.0737. The summed E-state index contributed by atoms with van der Waals surface area (Å²) in [6, 6.07) is 8.49. The van der Waals surface area contributed by atoms with Gasteiger partial charge in [0.15, 0.2) is 17.3 Å². The maximum Gasteiger partial charge on any atom is 0.276 e. The van der Waals surface area contributed by atoms with Crippen molar-refractivity contribution in [3.63, 3.8) is 0 Å². The van der Waals surface area contributed by atoms with Crippen molar-refractivity contribution in [2.45, 2.75) is 45.6 Å². The van der Waals surface area contributed by atoms with Crippen LogP contribution in [-0.4, -0.2) is 45.0 Å². The van der Waals surface area contributed by atoms with Crippen molar-refractivity contribution in [2.75, 3.05) is 11.9 Å². The molecule has 3 heterocycles. The van der Waals surface area contributed by atoms with Crippen molar-refractivity contribution < 1.29 is 27.7 Å². The summed E-state index contributed by atoms with van der Waals surface area (Å²) in [6.07, 6.45) is 1.39. The number of aromatic nitrogens is 4. The van der Waals surface area contributed by atoms with Crippen molar-refractivity contribution in [3.8, 4) is 16.9 Å². The molecule has 2 aromatic heterocycles. The first-order chi connectivity index (χ1) is 19.2. The van der Waals surface area contributed by atoms with E-state index in [2.05, 4.69) is 35.8 Å². The number of amides is 2. The van der Waals surface area contributed by atoms with Gasteiger partial charge in [-0.1, -0.05) is 23.4 Å². The zero-order valence-corrected chi connectivity index (χ0v) is 22.0. The minimum Gasteiger partial charge on any atom is -0.489 e. The van der Waals surface area contributed by atoms with Gasteiger partial charge in [-0.2, -0.15) is 9.49 Å². The second-order valence-corrected chi connectivity index (χ2v) is 10.4. The third kappa shape index (κ3) is 4.29. The molecule has 2 amide bonds. The summed E-state index contributed by atoms with van der Waals surface area (Å²) in [5.41, 5.74) is 4.14. The molecule has 12 heteroatoms. The number of anilines is 1. The summed E-state index contributed by atoms with van der Waals surface area (Å²) in [7, 11) is 0. The highest BCUT2D eigenvalue weighted by Crippen LogP contribution is 2.61. The molecular weight excluding hydrogens is 522 g/mol. The van der Waals surface area contributed by atoms with Gasteiger partial charge in [-0.3, -0.25) is 14.7 Å². The van der Waals surface area contributed by atoms with Crippen LogP contribution in [0.15, 0.2) is 41.0 Å². The molecule has 2 aliphatic rings. The van der Waals surface area contributed by atoms with Gasteiger partial charge in [0.05, 0.1) is 12.3 Å². The lowest BCUT2D eigenvalue weighted by molar-refractivity contribution is -0.119. The maximum absolute atomic E-state index is 14.8. The highest BCUT2D eigenvalue weighted by atomic mass is 19.2. The average molecular weight is 549 g/mol. The number of hydrogen-bond donors (Lipinski definition) is 3. The van der Waals surface area contributed by atoms with Crippen LogP contribution in [0.3, 0.4) is 0 Å². The predicted molar refractivity (Wildman–Crippen MR) is 139 cm³/mol. The van der Waals surface area contributed by atoms with E-state index in [-0.39, 0.29) is 23.7 Å². The summed E-state index contributed by atoms with van der Waals surface area (Å²) in [5.74, 6) is -4.32. The molecule has 2 atom stereocenters. The van der Waals surface area contributed by atoms with E-state index in [0.717, 1.165) is 28.6 Å². The molecule has 1 aliphatic carbocycles. The quantitative estimate of drug-likeness (QED) is 0.326.